The van der Waals surface area contributed by atoms with Crippen LogP contribution in [0.3, 0.4) is 0 Å². The standard InChI is InChI=1S/C13H16Cl2N2S/c14-10-7-4-8-11(15)12(10)17-13(18)16-9-5-2-1-3-6-9/h4,7-9H,1-3,5-6H2,(H2,16,17,18). The van der Waals surface area contributed by atoms with Crippen molar-refractivity contribution in [2.75, 3.05) is 5.32 Å². The molecule has 0 spiro atoms. The minimum Gasteiger partial charge on any atom is -0.360 e. The average Bonchev–Trinajstić information content (AvgIpc) is 2.35. The van der Waals surface area contributed by atoms with E-state index in [1.54, 1.807) is 12.1 Å². The molecule has 0 saturated heterocycles. The molecule has 0 atom stereocenters. The van der Waals surface area contributed by atoms with E-state index in [0.717, 1.165) is 0 Å². The zero-order valence-corrected chi connectivity index (χ0v) is 12.3. The summed E-state index contributed by atoms with van der Waals surface area (Å²) in [6.07, 6.45) is 6.23. The van der Waals surface area contributed by atoms with Crippen LogP contribution in [0.25, 0.3) is 0 Å². The zero-order chi connectivity index (χ0) is 13.0. The first-order chi connectivity index (χ1) is 8.66. The molecule has 1 fully saturated rings. The predicted octanol–water partition coefficient (Wildman–Crippen LogP) is 4.61. The van der Waals surface area contributed by atoms with Crippen LogP contribution in [0.4, 0.5) is 5.69 Å². The number of nitrogens with one attached hydrogen (secondary N) is 2. The highest BCUT2D eigenvalue weighted by molar-refractivity contribution is 7.80. The Morgan fingerprint density at radius 3 is 2.33 bits per heavy atom. The maximum atomic E-state index is 6.08. The van der Waals surface area contributed by atoms with E-state index in [-0.39, 0.29) is 0 Å². The van der Waals surface area contributed by atoms with Gasteiger partial charge >= 0.3 is 0 Å². The number of halogens is 2. The van der Waals surface area contributed by atoms with E-state index in [1.165, 1.54) is 32.1 Å². The second kappa shape index (κ2) is 6.60. The first kappa shape index (κ1) is 13.9. The van der Waals surface area contributed by atoms with Gasteiger partial charge in [0.05, 0.1) is 15.7 Å². The van der Waals surface area contributed by atoms with Gasteiger partial charge in [0.2, 0.25) is 0 Å². The lowest BCUT2D eigenvalue weighted by Gasteiger charge is -2.24. The Kier molecular flexibility index (Phi) is 5.10. The Hall–Kier alpha value is -0.510. The van der Waals surface area contributed by atoms with Gasteiger partial charge in [-0.1, -0.05) is 48.5 Å². The first-order valence-electron chi connectivity index (χ1n) is 6.18. The number of para-hydroxylation sites is 1. The topological polar surface area (TPSA) is 24.1 Å². The van der Waals surface area contributed by atoms with Crippen LogP contribution < -0.4 is 10.6 Å². The largest absolute Gasteiger partial charge is 0.360 e. The highest BCUT2D eigenvalue weighted by Gasteiger charge is 2.15. The van der Waals surface area contributed by atoms with Gasteiger partial charge in [0.25, 0.3) is 0 Å². The molecule has 0 amide bonds. The molecule has 0 unspecified atom stereocenters. The average molecular weight is 303 g/mol. The second-order valence-electron chi connectivity index (χ2n) is 4.53. The molecule has 1 aromatic rings. The number of hydrogen-bond donors (Lipinski definition) is 2. The lowest BCUT2D eigenvalue weighted by molar-refractivity contribution is 0.415. The monoisotopic (exact) mass is 302 g/mol. The van der Waals surface area contributed by atoms with Crippen LogP contribution in [-0.4, -0.2) is 11.2 Å². The lowest BCUT2D eigenvalue weighted by Crippen LogP contribution is -2.38. The highest BCUT2D eigenvalue weighted by Crippen LogP contribution is 2.29. The number of hydrogen-bond acceptors (Lipinski definition) is 1. The van der Waals surface area contributed by atoms with Crippen molar-refractivity contribution in [2.45, 2.75) is 38.1 Å². The molecular formula is C13H16Cl2N2S. The van der Waals surface area contributed by atoms with Crippen molar-refractivity contribution in [2.24, 2.45) is 0 Å². The van der Waals surface area contributed by atoms with Gasteiger partial charge in [0.15, 0.2) is 5.11 Å². The third-order valence-corrected chi connectivity index (χ3v) is 3.99. The molecule has 0 aliphatic heterocycles. The molecule has 5 heteroatoms. The molecule has 2 N–H and O–H groups in total. The Labute approximate surface area is 123 Å². The Morgan fingerprint density at radius 2 is 1.72 bits per heavy atom. The Morgan fingerprint density at radius 1 is 1.11 bits per heavy atom. The van der Waals surface area contributed by atoms with Crippen molar-refractivity contribution in [1.82, 2.24) is 5.32 Å². The summed E-state index contributed by atoms with van der Waals surface area (Å²) in [5.41, 5.74) is 0.675. The predicted molar refractivity (Wildman–Crippen MR) is 82.7 cm³/mol. The van der Waals surface area contributed by atoms with E-state index in [0.29, 0.717) is 26.9 Å². The normalized spacial score (nSPS) is 16.3. The molecule has 18 heavy (non-hydrogen) atoms. The van der Waals surface area contributed by atoms with E-state index in [1.807, 2.05) is 6.07 Å². The van der Waals surface area contributed by atoms with Gasteiger partial charge < -0.3 is 10.6 Å². The maximum absolute atomic E-state index is 6.08. The second-order valence-corrected chi connectivity index (χ2v) is 5.75. The molecular weight excluding hydrogens is 287 g/mol. The summed E-state index contributed by atoms with van der Waals surface area (Å²) in [7, 11) is 0. The molecule has 1 aromatic carbocycles. The highest BCUT2D eigenvalue weighted by atomic mass is 35.5. The van der Waals surface area contributed by atoms with Crippen molar-refractivity contribution in [3.8, 4) is 0 Å². The van der Waals surface area contributed by atoms with Gasteiger partial charge in [0, 0.05) is 6.04 Å². The van der Waals surface area contributed by atoms with Crippen molar-refractivity contribution < 1.29 is 0 Å². The Bertz CT molecular complexity index is 411. The smallest absolute Gasteiger partial charge is 0.171 e. The molecule has 0 radical (unpaired) electrons. The summed E-state index contributed by atoms with van der Waals surface area (Å²) in [5, 5.41) is 8.16. The van der Waals surface area contributed by atoms with Gasteiger partial charge in [-0.3, -0.25) is 0 Å². The van der Waals surface area contributed by atoms with E-state index in [9.17, 15) is 0 Å². The lowest BCUT2D eigenvalue weighted by atomic mass is 9.96. The van der Waals surface area contributed by atoms with Crippen LogP contribution in [0.5, 0.6) is 0 Å². The molecule has 2 nitrogen and oxygen atoms in total. The van der Waals surface area contributed by atoms with Crippen molar-refractivity contribution in [3.63, 3.8) is 0 Å². The molecule has 1 aliphatic carbocycles. The van der Waals surface area contributed by atoms with Gasteiger partial charge in [0.1, 0.15) is 0 Å². The molecule has 98 valence electrons. The molecule has 1 aliphatic rings. The van der Waals surface area contributed by atoms with E-state index < -0.39 is 0 Å². The first-order valence-corrected chi connectivity index (χ1v) is 7.35. The third-order valence-electron chi connectivity index (χ3n) is 3.14. The van der Waals surface area contributed by atoms with Gasteiger partial charge in [-0.15, -0.1) is 0 Å². The van der Waals surface area contributed by atoms with Crippen LogP contribution in [0, 0.1) is 0 Å². The fourth-order valence-corrected chi connectivity index (χ4v) is 2.96. The molecule has 1 saturated carbocycles. The summed E-state index contributed by atoms with van der Waals surface area (Å²) in [4.78, 5) is 0. The SMILES string of the molecule is S=C(Nc1c(Cl)cccc1Cl)NC1CCCCC1. The van der Waals surface area contributed by atoms with Crippen molar-refractivity contribution in [3.05, 3.63) is 28.2 Å². The van der Waals surface area contributed by atoms with E-state index >= 15 is 0 Å². The summed E-state index contributed by atoms with van der Waals surface area (Å²) < 4.78 is 0. The van der Waals surface area contributed by atoms with Gasteiger partial charge in [-0.05, 0) is 37.2 Å². The minimum atomic E-state index is 0.472. The number of anilines is 1. The zero-order valence-electron chi connectivity index (χ0n) is 10.0. The minimum absolute atomic E-state index is 0.472. The summed E-state index contributed by atoms with van der Waals surface area (Å²) in [6.45, 7) is 0. The number of rotatable bonds is 2. The number of benzene rings is 1. The molecule has 0 heterocycles. The van der Waals surface area contributed by atoms with Crippen LogP contribution in [0.2, 0.25) is 10.0 Å². The summed E-state index contributed by atoms with van der Waals surface area (Å²) >= 11 is 17.5. The van der Waals surface area contributed by atoms with E-state index in [2.05, 4.69) is 10.6 Å². The van der Waals surface area contributed by atoms with Crippen molar-refractivity contribution in [1.29, 1.82) is 0 Å². The maximum Gasteiger partial charge on any atom is 0.171 e. The van der Waals surface area contributed by atoms with Gasteiger partial charge in [-0.25, -0.2) is 0 Å². The van der Waals surface area contributed by atoms with Crippen LogP contribution in [-0.2, 0) is 0 Å². The quantitative estimate of drug-likeness (QED) is 0.780. The van der Waals surface area contributed by atoms with Crippen LogP contribution in [0.1, 0.15) is 32.1 Å². The van der Waals surface area contributed by atoms with Gasteiger partial charge in [-0.2, -0.15) is 0 Å². The fourth-order valence-electron chi connectivity index (χ4n) is 2.20. The molecule has 0 aromatic heterocycles. The van der Waals surface area contributed by atoms with Crippen molar-refractivity contribution >= 4 is 46.2 Å². The summed E-state index contributed by atoms with van der Waals surface area (Å²) in [5.74, 6) is 0. The molecule has 2 rings (SSSR count). The van der Waals surface area contributed by atoms with Crippen LogP contribution >= 0.6 is 35.4 Å². The van der Waals surface area contributed by atoms with E-state index in [4.69, 9.17) is 35.4 Å². The number of thiocarbonyl (C=S) groups is 1. The Balaban J connectivity index is 1.94. The molecule has 0 bridgehead atoms. The third kappa shape index (κ3) is 3.74. The van der Waals surface area contributed by atoms with Crippen LogP contribution in [0.15, 0.2) is 18.2 Å². The fraction of sp³-hybridized carbons (Fsp3) is 0.462. The summed E-state index contributed by atoms with van der Waals surface area (Å²) in [6, 6.07) is 5.87.